The van der Waals surface area contributed by atoms with Crippen molar-refractivity contribution in [1.29, 1.82) is 0 Å². The molecular formula is C19H30O4. The smallest absolute Gasteiger partial charge is 0.338 e. The monoisotopic (exact) mass is 322 g/mol. The van der Waals surface area contributed by atoms with Crippen LogP contribution in [0.25, 0.3) is 0 Å². The lowest BCUT2D eigenvalue weighted by Gasteiger charge is -2.08. The van der Waals surface area contributed by atoms with Crippen molar-refractivity contribution in [2.24, 2.45) is 0 Å². The Kier molecular flexibility index (Phi) is 11.0. The standard InChI is InChI=1S/C19H30O4/c1-2-3-4-8-16-23-19(21)17-10-12-18(13-11-17)22-15-9-6-5-7-14-20/h10-13,20H,2-9,14-16H2,1H3. The van der Waals surface area contributed by atoms with Crippen LogP contribution in [0.5, 0.6) is 5.75 Å². The number of esters is 1. The first kappa shape index (κ1) is 19.5. The number of hydrogen-bond acceptors (Lipinski definition) is 4. The van der Waals surface area contributed by atoms with E-state index in [2.05, 4.69) is 6.92 Å². The number of aliphatic hydroxyl groups excluding tert-OH is 1. The maximum absolute atomic E-state index is 11.9. The number of unbranched alkanes of at least 4 members (excludes halogenated alkanes) is 6. The summed E-state index contributed by atoms with van der Waals surface area (Å²) in [7, 11) is 0. The summed E-state index contributed by atoms with van der Waals surface area (Å²) < 4.78 is 10.9. The van der Waals surface area contributed by atoms with Crippen LogP contribution in [-0.4, -0.2) is 30.9 Å². The van der Waals surface area contributed by atoms with Gasteiger partial charge in [0.25, 0.3) is 0 Å². The van der Waals surface area contributed by atoms with E-state index < -0.39 is 0 Å². The second kappa shape index (κ2) is 12.9. The lowest BCUT2D eigenvalue weighted by atomic mass is 10.2. The Bertz CT molecular complexity index is 414. The molecule has 0 aliphatic rings. The molecule has 1 rings (SSSR count). The van der Waals surface area contributed by atoms with E-state index in [1.54, 1.807) is 24.3 Å². The summed E-state index contributed by atoms with van der Waals surface area (Å²) in [6, 6.07) is 7.10. The third kappa shape index (κ3) is 9.24. The van der Waals surface area contributed by atoms with Crippen LogP contribution < -0.4 is 4.74 Å². The van der Waals surface area contributed by atoms with Gasteiger partial charge >= 0.3 is 5.97 Å². The lowest BCUT2D eigenvalue weighted by Crippen LogP contribution is -2.06. The van der Waals surface area contributed by atoms with Gasteiger partial charge in [0.1, 0.15) is 5.75 Å². The van der Waals surface area contributed by atoms with Gasteiger partial charge in [0.2, 0.25) is 0 Å². The molecule has 0 fully saturated rings. The van der Waals surface area contributed by atoms with Gasteiger partial charge in [-0.3, -0.25) is 0 Å². The summed E-state index contributed by atoms with van der Waals surface area (Å²) in [4.78, 5) is 11.9. The fourth-order valence-electron chi connectivity index (χ4n) is 2.22. The molecule has 4 nitrogen and oxygen atoms in total. The molecule has 0 saturated carbocycles. The molecule has 0 atom stereocenters. The van der Waals surface area contributed by atoms with Gasteiger partial charge in [0.15, 0.2) is 0 Å². The zero-order chi connectivity index (χ0) is 16.8. The Morgan fingerprint density at radius 2 is 1.57 bits per heavy atom. The van der Waals surface area contributed by atoms with Crippen LogP contribution in [0.3, 0.4) is 0 Å². The Morgan fingerprint density at radius 1 is 0.913 bits per heavy atom. The van der Waals surface area contributed by atoms with Crippen molar-refractivity contribution in [1.82, 2.24) is 0 Å². The van der Waals surface area contributed by atoms with Crippen molar-refractivity contribution < 1.29 is 19.4 Å². The summed E-state index contributed by atoms with van der Waals surface area (Å²) >= 11 is 0. The van der Waals surface area contributed by atoms with Crippen LogP contribution in [0, 0.1) is 0 Å². The van der Waals surface area contributed by atoms with E-state index in [9.17, 15) is 4.79 Å². The van der Waals surface area contributed by atoms with Gasteiger partial charge in [-0.15, -0.1) is 0 Å². The van der Waals surface area contributed by atoms with E-state index in [0.717, 1.165) is 44.3 Å². The fraction of sp³-hybridized carbons (Fsp3) is 0.632. The van der Waals surface area contributed by atoms with Gasteiger partial charge in [-0.25, -0.2) is 4.79 Å². The third-order valence-corrected chi connectivity index (χ3v) is 3.64. The first-order valence-corrected chi connectivity index (χ1v) is 8.78. The molecule has 0 heterocycles. The molecule has 1 N–H and O–H groups in total. The van der Waals surface area contributed by atoms with E-state index >= 15 is 0 Å². The minimum atomic E-state index is -0.267. The van der Waals surface area contributed by atoms with Crippen molar-refractivity contribution >= 4 is 5.97 Å². The number of benzene rings is 1. The number of rotatable bonds is 13. The second-order valence-corrected chi connectivity index (χ2v) is 5.71. The average molecular weight is 322 g/mol. The van der Waals surface area contributed by atoms with Crippen LogP contribution in [0.4, 0.5) is 0 Å². The van der Waals surface area contributed by atoms with E-state index in [1.165, 1.54) is 12.8 Å². The van der Waals surface area contributed by atoms with Crippen LogP contribution >= 0.6 is 0 Å². The SMILES string of the molecule is CCCCCCOC(=O)c1ccc(OCCCCCCO)cc1. The fourth-order valence-corrected chi connectivity index (χ4v) is 2.22. The molecule has 0 spiro atoms. The maximum atomic E-state index is 11.9. The molecule has 0 amide bonds. The normalized spacial score (nSPS) is 10.5. The highest BCUT2D eigenvalue weighted by molar-refractivity contribution is 5.89. The van der Waals surface area contributed by atoms with E-state index in [-0.39, 0.29) is 12.6 Å². The quantitative estimate of drug-likeness (QED) is 0.433. The van der Waals surface area contributed by atoms with Gasteiger partial charge in [0.05, 0.1) is 18.8 Å². The molecule has 0 saturated heterocycles. The van der Waals surface area contributed by atoms with E-state index in [0.29, 0.717) is 18.8 Å². The van der Waals surface area contributed by atoms with E-state index in [4.69, 9.17) is 14.6 Å². The number of carbonyl (C=O) groups excluding carboxylic acids is 1. The van der Waals surface area contributed by atoms with Gasteiger partial charge in [0, 0.05) is 6.61 Å². The maximum Gasteiger partial charge on any atom is 0.338 e. The zero-order valence-electron chi connectivity index (χ0n) is 14.3. The molecule has 0 aliphatic carbocycles. The molecule has 130 valence electrons. The van der Waals surface area contributed by atoms with Crippen LogP contribution in [0.15, 0.2) is 24.3 Å². The summed E-state index contributed by atoms with van der Waals surface area (Å²) in [5.74, 6) is 0.503. The van der Waals surface area contributed by atoms with Crippen molar-refractivity contribution in [2.75, 3.05) is 19.8 Å². The Morgan fingerprint density at radius 3 is 2.26 bits per heavy atom. The van der Waals surface area contributed by atoms with Crippen molar-refractivity contribution in [3.05, 3.63) is 29.8 Å². The van der Waals surface area contributed by atoms with Gasteiger partial charge in [-0.1, -0.05) is 32.6 Å². The Labute approximate surface area is 139 Å². The summed E-state index contributed by atoms with van der Waals surface area (Å²) in [5.41, 5.74) is 0.566. The number of hydrogen-bond donors (Lipinski definition) is 1. The Balaban J connectivity index is 2.20. The van der Waals surface area contributed by atoms with Gasteiger partial charge < -0.3 is 14.6 Å². The van der Waals surface area contributed by atoms with Gasteiger partial charge in [-0.2, -0.15) is 0 Å². The van der Waals surface area contributed by atoms with Crippen molar-refractivity contribution in [2.45, 2.75) is 58.3 Å². The molecule has 1 aromatic rings. The largest absolute Gasteiger partial charge is 0.494 e. The van der Waals surface area contributed by atoms with E-state index in [1.807, 2.05) is 0 Å². The second-order valence-electron chi connectivity index (χ2n) is 5.71. The predicted molar refractivity (Wildman–Crippen MR) is 91.9 cm³/mol. The van der Waals surface area contributed by atoms with Crippen LogP contribution in [-0.2, 0) is 4.74 Å². The summed E-state index contributed by atoms with van der Waals surface area (Å²) in [6.45, 7) is 3.57. The molecule has 0 aromatic heterocycles. The minimum Gasteiger partial charge on any atom is -0.494 e. The number of carbonyl (C=O) groups is 1. The number of ether oxygens (including phenoxy) is 2. The predicted octanol–water partition coefficient (Wildman–Crippen LogP) is 4.36. The molecule has 4 heteroatoms. The highest BCUT2D eigenvalue weighted by atomic mass is 16.5. The Hall–Kier alpha value is -1.55. The average Bonchev–Trinajstić information content (AvgIpc) is 2.58. The minimum absolute atomic E-state index is 0.261. The summed E-state index contributed by atoms with van der Waals surface area (Å²) in [5, 5.41) is 8.69. The highest BCUT2D eigenvalue weighted by Crippen LogP contribution is 2.14. The summed E-state index contributed by atoms with van der Waals surface area (Å²) in [6.07, 6.45) is 8.31. The lowest BCUT2D eigenvalue weighted by molar-refractivity contribution is 0.0498. The third-order valence-electron chi connectivity index (χ3n) is 3.64. The van der Waals surface area contributed by atoms with Crippen LogP contribution in [0.1, 0.15) is 68.6 Å². The van der Waals surface area contributed by atoms with Gasteiger partial charge in [-0.05, 0) is 49.9 Å². The molecule has 23 heavy (non-hydrogen) atoms. The molecule has 0 bridgehead atoms. The molecule has 0 aliphatic heterocycles. The molecular weight excluding hydrogens is 292 g/mol. The zero-order valence-corrected chi connectivity index (χ0v) is 14.3. The molecule has 0 unspecified atom stereocenters. The highest BCUT2D eigenvalue weighted by Gasteiger charge is 2.06. The van der Waals surface area contributed by atoms with Crippen molar-refractivity contribution in [3.8, 4) is 5.75 Å². The topological polar surface area (TPSA) is 55.8 Å². The molecule has 0 radical (unpaired) electrons. The van der Waals surface area contributed by atoms with Crippen LogP contribution in [0.2, 0.25) is 0 Å². The number of aliphatic hydroxyl groups is 1. The first-order valence-electron chi connectivity index (χ1n) is 8.78. The van der Waals surface area contributed by atoms with Crippen molar-refractivity contribution in [3.63, 3.8) is 0 Å². The molecule has 1 aromatic carbocycles. The first-order chi connectivity index (χ1) is 11.3.